The van der Waals surface area contributed by atoms with Crippen LogP contribution >= 0.6 is 11.8 Å². The minimum Gasteiger partial charge on any atom is -0.497 e. The Hall–Kier alpha value is -1.99. The summed E-state index contributed by atoms with van der Waals surface area (Å²) in [6.07, 6.45) is 1.72. The van der Waals surface area contributed by atoms with E-state index in [1.54, 1.807) is 13.3 Å². The Kier molecular flexibility index (Phi) is 3.85. The lowest BCUT2D eigenvalue weighted by atomic mass is 10.2. The van der Waals surface area contributed by atoms with Crippen LogP contribution < -0.4 is 4.74 Å². The lowest BCUT2D eigenvalue weighted by Crippen LogP contribution is -1.90. The minimum atomic E-state index is 0.630. The van der Waals surface area contributed by atoms with Gasteiger partial charge in [0.15, 0.2) is 0 Å². The van der Waals surface area contributed by atoms with Crippen LogP contribution in [0.4, 0.5) is 0 Å². The second-order valence-corrected chi connectivity index (χ2v) is 4.76. The number of nitrogens with zero attached hydrogens (tertiary/aromatic N) is 2. The summed E-state index contributed by atoms with van der Waals surface area (Å²) in [4.78, 5) is 5.26. The molecule has 0 bridgehead atoms. The van der Waals surface area contributed by atoms with Gasteiger partial charge in [-0.2, -0.15) is 5.26 Å². The van der Waals surface area contributed by atoms with Crippen LogP contribution in [0.2, 0.25) is 0 Å². The fourth-order valence-electron chi connectivity index (χ4n) is 1.52. The van der Waals surface area contributed by atoms with Crippen LogP contribution in [-0.4, -0.2) is 12.1 Å². The van der Waals surface area contributed by atoms with Crippen molar-refractivity contribution in [2.75, 3.05) is 7.11 Å². The molecule has 1 aromatic heterocycles. The number of aryl methyl sites for hydroxylation is 1. The van der Waals surface area contributed by atoms with Crippen molar-refractivity contribution >= 4 is 11.8 Å². The molecule has 2 rings (SSSR count). The number of rotatable bonds is 3. The second kappa shape index (κ2) is 5.56. The number of ether oxygens (including phenoxy) is 1. The van der Waals surface area contributed by atoms with Gasteiger partial charge in [-0.3, -0.25) is 0 Å². The minimum absolute atomic E-state index is 0.630. The SMILES string of the molecule is COc1cccc(Sc2nccc(C)c2C#N)c1. The Morgan fingerprint density at radius 2 is 2.17 bits per heavy atom. The maximum Gasteiger partial charge on any atom is 0.119 e. The zero-order valence-corrected chi connectivity index (χ0v) is 11.0. The van der Waals surface area contributed by atoms with Crippen LogP contribution in [0.25, 0.3) is 0 Å². The van der Waals surface area contributed by atoms with Crippen molar-refractivity contribution in [2.24, 2.45) is 0 Å². The number of hydrogen-bond donors (Lipinski definition) is 0. The first-order valence-electron chi connectivity index (χ1n) is 5.42. The maximum absolute atomic E-state index is 9.15. The fraction of sp³-hybridized carbons (Fsp3) is 0.143. The van der Waals surface area contributed by atoms with E-state index in [9.17, 15) is 0 Å². The number of methoxy groups -OCH3 is 1. The van der Waals surface area contributed by atoms with Gasteiger partial charge in [-0.05, 0) is 36.8 Å². The van der Waals surface area contributed by atoms with Crippen LogP contribution in [-0.2, 0) is 0 Å². The van der Waals surface area contributed by atoms with Gasteiger partial charge >= 0.3 is 0 Å². The Labute approximate surface area is 110 Å². The largest absolute Gasteiger partial charge is 0.497 e. The molecule has 0 amide bonds. The van der Waals surface area contributed by atoms with E-state index in [-0.39, 0.29) is 0 Å². The lowest BCUT2D eigenvalue weighted by molar-refractivity contribution is 0.413. The summed E-state index contributed by atoms with van der Waals surface area (Å²) in [5, 5.41) is 9.88. The molecule has 3 nitrogen and oxygen atoms in total. The summed E-state index contributed by atoms with van der Waals surface area (Å²) in [5.74, 6) is 0.797. The molecule has 0 saturated carbocycles. The van der Waals surface area contributed by atoms with Gasteiger partial charge in [0.2, 0.25) is 0 Å². The molecule has 18 heavy (non-hydrogen) atoms. The molecule has 0 aliphatic heterocycles. The summed E-state index contributed by atoms with van der Waals surface area (Å²) in [5.41, 5.74) is 1.57. The van der Waals surface area contributed by atoms with E-state index in [1.807, 2.05) is 37.3 Å². The molecule has 0 saturated heterocycles. The average molecular weight is 256 g/mol. The third-order valence-corrected chi connectivity index (χ3v) is 3.48. The molecule has 0 fully saturated rings. The summed E-state index contributed by atoms with van der Waals surface area (Å²) in [6, 6.07) is 11.7. The Morgan fingerprint density at radius 1 is 1.33 bits per heavy atom. The van der Waals surface area contributed by atoms with Gasteiger partial charge < -0.3 is 4.74 Å². The zero-order chi connectivity index (χ0) is 13.0. The summed E-state index contributed by atoms with van der Waals surface area (Å²) in [7, 11) is 1.63. The first-order valence-corrected chi connectivity index (χ1v) is 6.24. The van der Waals surface area contributed by atoms with Crippen molar-refractivity contribution in [2.45, 2.75) is 16.8 Å². The van der Waals surface area contributed by atoms with E-state index in [0.29, 0.717) is 5.56 Å². The first-order chi connectivity index (χ1) is 8.74. The number of aromatic nitrogens is 1. The molecule has 0 atom stereocenters. The summed E-state index contributed by atoms with van der Waals surface area (Å²) in [6.45, 7) is 1.91. The van der Waals surface area contributed by atoms with Crippen LogP contribution in [0, 0.1) is 18.3 Å². The van der Waals surface area contributed by atoms with Gasteiger partial charge in [-0.15, -0.1) is 0 Å². The highest BCUT2D eigenvalue weighted by atomic mass is 32.2. The van der Waals surface area contributed by atoms with Crippen molar-refractivity contribution in [1.82, 2.24) is 4.98 Å². The predicted molar refractivity (Wildman–Crippen MR) is 70.8 cm³/mol. The van der Waals surface area contributed by atoms with Gasteiger partial charge in [0.25, 0.3) is 0 Å². The molecular formula is C14H12N2OS. The molecule has 1 heterocycles. The van der Waals surface area contributed by atoms with E-state index >= 15 is 0 Å². The van der Waals surface area contributed by atoms with Crippen molar-refractivity contribution < 1.29 is 4.74 Å². The highest BCUT2D eigenvalue weighted by Gasteiger charge is 2.08. The molecule has 0 spiro atoms. The molecule has 0 aliphatic carbocycles. The molecule has 0 unspecified atom stereocenters. The van der Waals surface area contributed by atoms with E-state index in [4.69, 9.17) is 10.00 Å². The monoisotopic (exact) mass is 256 g/mol. The smallest absolute Gasteiger partial charge is 0.119 e. The van der Waals surface area contributed by atoms with Crippen molar-refractivity contribution in [1.29, 1.82) is 5.26 Å². The molecule has 2 aromatic rings. The molecule has 0 radical (unpaired) electrons. The number of hydrogen-bond acceptors (Lipinski definition) is 4. The maximum atomic E-state index is 9.15. The number of nitriles is 1. The van der Waals surface area contributed by atoms with Gasteiger partial charge in [0.1, 0.15) is 16.8 Å². The van der Waals surface area contributed by atoms with E-state index in [0.717, 1.165) is 21.2 Å². The van der Waals surface area contributed by atoms with Gasteiger partial charge in [-0.25, -0.2) is 4.98 Å². The van der Waals surface area contributed by atoms with E-state index in [2.05, 4.69) is 11.1 Å². The standard InChI is InChI=1S/C14H12N2OS/c1-10-6-7-16-14(13(10)9-15)18-12-5-3-4-11(8-12)17-2/h3-8H,1-2H3. The summed E-state index contributed by atoms with van der Waals surface area (Å²) < 4.78 is 5.17. The van der Waals surface area contributed by atoms with Crippen molar-refractivity contribution in [3.05, 3.63) is 47.7 Å². The summed E-state index contributed by atoms with van der Waals surface area (Å²) >= 11 is 1.47. The van der Waals surface area contributed by atoms with Crippen LogP contribution in [0.5, 0.6) is 5.75 Å². The van der Waals surface area contributed by atoms with Crippen molar-refractivity contribution in [3.63, 3.8) is 0 Å². The molecule has 4 heteroatoms. The lowest BCUT2D eigenvalue weighted by Gasteiger charge is -2.06. The van der Waals surface area contributed by atoms with E-state index in [1.165, 1.54) is 11.8 Å². The number of benzene rings is 1. The quantitative estimate of drug-likeness (QED) is 0.844. The zero-order valence-electron chi connectivity index (χ0n) is 10.2. The Bertz CT molecular complexity index is 605. The van der Waals surface area contributed by atoms with Crippen LogP contribution in [0.15, 0.2) is 46.5 Å². The Balaban J connectivity index is 2.34. The molecule has 90 valence electrons. The second-order valence-electron chi connectivity index (χ2n) is 3.70. The molecule has 0 aliphatic rings. The average Bonchev–Trinajstić information content (AvgIpc) is 2.39. The predicted octanol–water partition coefficient (Wildman–Crippen LogP) is 3.42. The van der Waals surface area contributed by atoms with Crippen LogP contribution in [0.3, 0.4) is 0 Å². The topological polar surface area (TPSA) is 45.9 Å². The fourth-order valence-corrected chi connectivity index (χ4v) is 2.49. The number of pyridine rings is 1. The first kappa shape index (κ1) is 12.5. The normalized spacial score (nSPS) is 9.83. The van der Waals surface area contributed by atoms with Crippen LogP contribution in [0.1, 0.15) is 11.1 Å². The molecule has 0 N–H and O–H groups in total. The van der Waals surface area contributed by atoms with Gasteiger partial charge in [0, 0.05) is 11.1 Å². The highest BCUT2D eigenvalue weighted by Crippen LogP contribution is 2.31. The van der Waals surface area contributed by atoms with Crippen molar-refractivity contribution in [3.8, 4) is 11.8 Å². The van der Waals surface area contributed by atoms with E-state index < -0.39 is 0 Å². The van der Waals surface area contributed by atoms with Gasteiger partial charge in [0.05, 0.1) is 12.7 Å². The van der Waals surface area contributed by atoms with Gasteiger partial charge in [-0.1, -0.05) is 17.8 Å². The molecular weight excluding hydrogens is 244 g/mol. The third kappa shape index (κ3) is 2.63. The Morgan fingerprint density at radius 3 is 2.89 bits per heavy atom. The highest BCUT2D eigenvalue weighted by molar-refractivity contribution is 7.99. The molecule has 1 aromatic carbocycles. The third-order valence-electron chi connectivity index (χ3n) is 2.49.